The van der Waals surface area contributed by atoms with Gasteiger partial charge in [-0.3, -0.25) is 14.5 Å². The number of unbranched alkanes of at least 4 members (excludes halogenated alkanes) is 1. The first kappa shape index (κ1) is 18.0. The van der Waals surface area contributed by atoms with E-state index in [4.69, 9.17) is 9.47 Å². The summed E-state index contributed by atoms with van der Waals surface area (Å²) in [7, 11) is 0. The molecule has 1 atom stereocenters. The molecule has 6 nitrogen and oxygen atoms in total. The number of rotatable bonds is 7. The number of hydrogen-bond donors (Lipinski definition) is 0. The van der Waals surface area contributed by atoms with E-state index in [0.29, 0.717) is 30.0 Å². The monoisotopic (exact) mass is 333 g/mol. The van der Waals surface area contributed by atoms with Crippen LogP contribution in [0.25, 0.3) is 0 Å². The van der Waals surface area contributed by atoms with Crippen molar-refractivity contribution in [2.75, 3.05) is 18.1 Å². The van der Waals surface area contributed by atoms with Gasteiger partial charge in [-0.05, 0) is 31.5 Å². The van der Waals surface area contributed by atoms with Crippen LogP contribution in [0, 0.1) is 0 Å². The van der Waals surface area contributed by atoms with Crippen molar-refractivity contribution < 1.29 is 23.9 Å². The van der Waals surface area contributed by atoms with E-state index < -0.39 is 12.0 Å². The molecule has 0 N–H and O–H groups in total. The number of carbonyl (C=O) groups excluding carboxylic acids is 3. The molecule has 1 amide bonds. The lowest BCUT2D eigenvalue weighted by molar-refractivity contribution is -0.146. The summed E-state index contributed by atoms with van der Waals surface area (Å²) >= 11 is 0. The second-order valence-electron chi connectivity index (χ2n) is 5.71. The lowest BCUT2D eigenvalue weighted by Crippen LogP contribution is -2.48. The number of benzene rings is 1. The fourth-order valence-corrected chi connectivity index (χ4v) is 2.52. The van der Waals surface area contributed by atoms with E-state index >= 15 is 0 Å². The van der Waals surface area contributed by atoms with Crippen molar-refractivity contribution in [3.63, 3.8) is 0 Å². The fourth-order valence-electron chi connectivity index (χ4n) is 2.52. The highest BCUT2D eigenvalue weighted by Gasteiger charge is 2.34. The van der Waals surface area contributed by atoms with E-state index in [-0.39, 0.29) is 18.3 Å². The number of Topliss-reactive ketones (excluding diaryl/α,β-unsaturated/α-hetero) is 1. The largest absolute Gasteiger partial charge is 0.482 e. The molecule has 1 aliphatic rings. The molecule has 1 heterocycles. The predicted molar refractivity (Wildman–Crippen MR) is 89.4 cm³/mol. The first-order chi connectivity index (χ1) is 11.5. The van der Waals surface area contributed by atoms with Gasteiger partial charge in [0.1, 0.15) is 11.8 Å². The van der Waals surface area contributed by atoms with Gasteiger partial charge in [0.25, 0.3) is 5.91 Å². The molecule has 1 aliphatic heterocycles. The Morgan fingerprint density at radius 2 is 2.08 bits per heavy atom. The highest BCUT2D eigenvalue weighted by molar-refractivity contribution is 6.04. The molecule has 0 spiro atoms. The first-order valence-electron chi connectivity index (χ1n) is 8.28. The highest BCUT2D eigenvalue weighted by Crippen LogP contribution is 2.34. The number of fused-ring (bicyclic) bond motifs is 1. The Kier molecular flexibility index (Phi) is 5.95. The summed E-state index contributed by atoms with van der Waals surface area (Å²) in [6.45, 7) is 5.59. The number of hydrogen-bond acceptors (Lipinski definition) is 5. The van der Waals surface area contributed by atoms with Crippen molar-refractivity contribution in [1.82, 2.24) is 0 Å². The third kappa shape index (κ3) is 3.75. The van der Waals surface area contributed by atoms with Gasteiger partial charge in [-0.25, -0.2) is 4.79 Å². The maximum Gasteiger partial charge on any atom is 0.328 e. The van der Waals surface area contributed by atoms with Gasteiger partial charge in [0.2, 0.25) is 0 Å². The summed E-state index contributed by atoms with van der Waals surface area (Å²) in [5, 5.41) is 0. The SMILES string of the molecule is CCCCOC(=O)C(C)N1C(=O)COc2ccc(C(=O)CC)cc21. The van der Waals surface area contributed by atoms with Crippen LogP contribution in [0.15, 0.2) is 18.2 Å². The van der Waals surface area contributed by atoms with Gasteiger partial charge in [0, 0.05) is 12.0 Å². The minimum absolute atomic E-state index is 0.0334. The summed E-state index contributed by atoms with van der Waals surface area (Å²) in [5.41, 5.74) is 0.927. The average molecular weight is 333 g/mol. The topological polar surface area (TPSA) is 72.9 Å². The molecule has 1 aromatic carbocycles. The Balaban J connectivity index is 2.28. The van der Waals surface area contributed by atoms with Crippen molar-refractivity contribution in [3.8, 4) is 5.75 Å². The van der Waals surface area contributed by atoms with Crippen molar-refractivity contribution in [2.24, 2.45) is 0 Å². The Bertz CT molecular complexity index is 640. The number of ether oxygens (including phenoxy) is 2. The minimum Gasteiger partial charge on any atom is -0.482 e. The van der Waals surface area contributed by atoms with Crippen LogP contribution in [0.2, 0.25) is 0 Å². The maximum atomic E-state index is 12.3. The van der Waals surface area contributed by atoms with E-state index in [1.807, 2.05) is 6.92 Å². The molecule has 0 fully saturated rings. The number of anilines is 1. The van der Waals surface area contributed by atoms with Crippen LogP contribution in [0.4, 0.5) is 5.69 Å². The van der Waals surface area contributed by atoms with Crippen molar-refractivity contribution in [2.45, 2.75) is 46.1 Å². The molecule has 1 aromatic rings. The van der Waals surface area contributed by atoms with E-state index in [0.717, 1.165) is 12.8 Å². The third-order valence-corrected chi connectivity index (χ3v) is 3.95. The molecule has 0 saturated heterocycles. The van der Waals surface area contributed by atoms with Gasteiger partial charge in [-0.15, -0.1) is 0 Å². The zero-order valence-corrected chi connectivity index (χ0v) is 14.3. The van der Waals surface area contributed by atoms with Crippen molar-refractivity contribution >= 4 is 23.3 Å². The Hall–Kier alpha value is -2.37. The lowest BCUT2D eigenvalue weighted by Gasteiger charge is -2.33. The van der Waals surface area contributed by atoms with E-state index in [2.05, 4.69) is 0 Å². The van der Waals surface area contributed by atoms with Crippen LogP contribution < -0.4 is 9.64 Å². The average Bonchev–Trinajstić information content (AvgIpc) is 2.60. The van der Waals surface area contributed by atoms with Crippen LogP contribution in [0.5, 0.6) is 5.75 Å². The van der Waals surface area contributed by atoms with Gasteiger partial charge in [0.15, 0.2) is 12.4 Å². The fraction of sp³-hybridized carbons (Fsp3) is 0.500. The second kappa shape index (κ2) is 7.95. The summed E-state index contributed by atoms with van der Waals surface area (Å²) in [6.07, 6.45) is 2.06. The van der Waals surface area contributed by atoms with Gasteiger partial charge in [0.05, 0.1) is 12.3 Å². The zero-order valence-electron chi connectivity index (χ0n) is 14.3. The number of nitrogens with zero attached hydrogens (tertiary/aromatic N) is 1. The minimum atomic E-state index is -0.774. The van der Waals surface area contributed by atoms with Crippen LogP contribution in [-0.4, -0.2) is 36.9 Å². The third-order valence-electron chi connectivity index (χ3n) is 3.95. The molecular weight excluding hydrogens is 310 g/mol. The molecule has 0 aromatic heterocycles. The van der Waals surface area contributed by atoms with Gasteiger partial charge >= 0.3 is 5.97 Å². The molecule has 6 heteroatoms. The van der Waals surface area contributed by atoms with E-state index in [1.165, 1.54) is 4.90 Å². The summed E-state index contributed by atoms with van der Waals surface area (Å²) < 4.78 is 10.6. The standard InChI is InChI=1S/C18H23NO5/c1-4-6-9-23-18(22)12(3)19-14-10-13(15(20)5-2)7-8-16(14)24-11-17(19)21/h7-8,10,12H,4-6,9,11H2,1-3H3. The van der Waals surface area contributed by atoms with Crippen molar-refractivity contribution in [3.05, 3.63) is 23.8 Å². The molecule has 130 valence electrons. The quantitative estimate of drug-likeness (QED) is 0.436. The van der Waals surface area contributed by atoms with Gasteiger partial charge in [-0.1, -0.05) is 20.3 Å². The number of carbonyl (C=O) groups is 3. The Morgan fingerprint density at radius 1 is 1.33 bits per heavy atom. The Labute approximate surface area is 141 Å². The van der Waals surface area contributed by atoms with Crippen molar-refractivity contribution in [1.29, 1.82) is 0 Å². The summed E-state index contributed by atoms with van der Waals surface area (Å²) in [5.74, 6) is -0.343. The van der Waals surface area contributed by atoms with E-state index in [9.17, 15) is 14.4 Å². The Morgan fingerprint density at radius 3 is 2.75 bits per heavy atom. The smallest absolute Gasteiger partial charge is 0.328 e. The molecule has 0 bridgehead atoms. The number of amides is 1. The molecule has 1 unspecified atom stereocenters. The van der Waals surface area contributed by atoms with E-state index in [1.54, 1.807) is 32.0 Å². The normalized spacial score (nSPS) is 14.6. The van der Waals surface area contributed by atoms with Gasteiger partial charge in [-0.2, -0.15) is 0 Å². The molecule has 0 radical (unpaired) electrons. The summed E-state index contributed by atoms with van der Waals surface area (Å²) in [4.78, 5) is 37.8. The van der Waals surface area contributed by atoms with Gasteiger partial charge < -0.3 is 9.47 Å². The van der Waals surface area contributed by atoms with Crippen LogP contribution in [-0.2, 0) is 14.3 Å². The molecule has 0 aliphatic carbocycles. The molecule has 2 rings (SSSR count). The maximum absolute atomic E-state index is 12.3. The number of esters is 1. The predicted octanol–water partition coefficient (Wildman–Crippen LogP) is 2.74. The second-order valence-corrected chi connectivity index (χ2v) is 5.71. The molecule has 24 heavy (non-hydrogen) atoms. The zero-order chi connectivity index (χ0) is 17.7. The van der Waals surface area contributed by atoms with Crippen LogP contribution in [0.1, 0.15) is 50.4 Å². The molecular formula is C18H23NO5. The summed E-state index contributed by atoms with van der Waals surface area (Å²) in [6, 6.07) is 4.16. The lowest BCUT2D eigenvalue weighted by atomic mass is 10.1. The highest BCUT2D eigenvalue weighted by atomic mass is 16.5. The van der Waals surface area contributed by atoms with Crippen LogP contribution in [0.3, 0.4) is 0 Å². The first-order valence-corrected chi connectivity index (χ1v) is 8.28. The van der Waals surface area contributed by atoms with Crippen LogP contribution >= 0.6 is 0 Å². The number of ketones is 1. The molecule has 0 saturated carbocycles.